The molecular weight excluding hydrogens is 371 g/mol. The third kappa shape index (κ3) is 5.68. The molecule has 0 aliphatic rings. The highest BCUT2D eigenvalue weighted by Gasteiger charge is 2.32. The Morgan fingerprint density at radius 1 is 1.25 bits per heavy atom. The molecule has 5 nitrogen and oxygen atoms in total. The monoisotopic (exact) mass is 395 g/mol. The molecular formula is C20H24F3N3O2. The van der Waals surface area contributed by atoms with E-state index in [9.17, 15) is 18.0 Å². The highest BCUT2D eigenvalue weighted by molar-refractivity contribution is 5.79. The summed E-state index contributed by atoms with van der Waals surface area (Å²) in [5.74, 6) is 0.552. The fourth-order valence-electron chi connectivity index (χ4n) is 3.00. The molecule has 0 fully saturated rings. The van der Waals surface area contributed by atoms with Crippen molar-refractivity contribution < 1.29 is 22.7 Å². The minimum Gasteiger partial charge on any atom is -0.496 e. The molecule has 28 heavy (non-hydrogen) atoms. The first kappa shape index (κ1) is 21.7. The summed E-state index contributed by atoms with van der Waals surface area (Å²) < 4.78 is 43.2. The fraction of sp³-hybridized carbons (Fsp3) is 0.450. The summed E-state index contributed by atoms with van der Waals surface area (Å²) in [5.41, 5.74) is 0.374. The zero-order chi connectivity index (χ0) is 20.7. The van der Waals surface area contributed by atoms with E-state index in [0.717, 1.165) is 24.2 Å². The number of aromatic nitrogens is 2. The van der Waals surface area contributed by atoms with E-state index in [4.69, 9.17) is 4.74 Å². The number of carbonyl (C=O) groups is 1. The lowest BCUT2D eigenvalue weighted by atomic mass is 10.1. The Hall–Kier alpha value is -2.64. The molecule has 0 aliphatic heterocycles. The van der Waals surface area contributed by atoms with E-state index in [1.165, 1.54) is 6.07 Å². The Labute approximate surface area is 162 Å². The van der Waals surface area contributed by atoms with Gasteiger partial charge in [0.25, 0.3) is 0 Å². The van der Waals surface area contributed by atoms with Gasteiger partial charge in [0.2, 0.25) is 5.91 Å². The van der Waals surface area contributed by atoms with Gasteiger partial charge >= 0.3 is 6.18 Å². The Kier molecular flexibility index (Phi) is 7.37. The Morgan fingerprint density at radius 2 is 2.00 bits per heavy atom. The van der Waals surface area contributed by atoms with Crippen molar-refractivity contribution in [2.24, 2.45) is 0 Å². The Balaban J connectivity index is 2.10. The van der Waals surface area contributed by atoms with Crippen LogP contribution in [0, 0.1) is 0 Å². The maximum atomic E-state index is 12.8. The van der Waals surface area contributed by atoms with Crippen LogP contribution >= 0.6 is 0 Å². The summed E-state index contributed by atoms with van der Waals surface area (Å²) in [4.78, 5) is 22.1. The van der Waals surface area contributed by atoms with Gasteiger partial charge < -0.3 is 9.64 Å². The van der Waals surface area contributed by atoms with E-state index >= 15 is 0 Å². The summed E-state index contributed by atoms with van der Waals surface area (Å²) in [6, 6.07) is 3.85. The first-order valence-electron chi connectivity index (χ1n) is 9.04. The predicted molar refractivity (Wildman–Crippen MR) is 98.9 cm³/mol. The van der Waals surface area contributed by atoms with Gasteiger partial charge in [0, 0.05) is 36.7 Å². The van der Waals surface area contributed by atoms with Crippen molar-refractivity contribution in [3.05, 3.63) is 53.6 Å². The van der Waals surface area contributed by atoms with Crippen molar-refractivity contribution in [1.82, 2.24) is 14.9 Å². The minimum absolute atomic E-state index is 0.000345. The molecule has 1 atom stereocenters. The van der Waals surface area contributed by atoms with Crippen LogP contribution in [0.3, 0.4) is 0 Å². The smallest absolute Gasteiger partial charge is 0.433 e. The van der Waals surface area contributed by atoms with Gasteiger partial charge in [-0.3, -0.25) is 14.8 Å². The zero-order valence-corrected chi connectivity index (χ0v) is 16.2. The summed E-state index contributed by atoms with van der Waals surface area (Å²) in [6.07, 6.45) is 1.30. The maximum absolute atomic E-state index is 12.8. The highest BCUT2D eigenvalue weighted by Crippen LogP contribution is 2.27. The lowest BCUT2D eigenvalue weighted by molar-refractivity contribution is -0.141. The number of methoxy groups -OCH3 is 1. The first-order valence-corrected chi connectivity index (χ1v) is 9.04. The maximum Gasteiger partial charge on any atom is 0.433 e. The quantitative estimate of drug-likeness (QED) is 0.680. The lowest BCUT2D eigenvalue weighted by Crippen LogP contribution is -2.41. The van der Waals surface area contributed by atoms with Crippen LogP contribution in [0.15, 0.2) is 36.8 Å². The van der Waals surface area contributed by atoms with Gasteiger partial charge in [-0.2, -0.15) is 13.2 Å². The Bertz CT molecular complexity index is 779. The summed E-state index contributed by atoms with van der Waals surface area (Å²) in [6.45, 7) is 4.46. The second-order valence-corrected chi connectivity index (χ2v) is 6.55. The Morgan fingerprint density at radius 3 is 2.57 bits per heavy atom. The number of rotatable bonds is 8. The van der Waals surface area contributed by atoms with E-state index < -0.39 is 11.9 Å². The van der Waals surface area contributed by atoms with E-state index in [1.807, 2.05) is 13.8 Å². The number of hydrogen-bond acceptors (Lipinski definition) is 4. The molecule has 0 radical (unpaired) electrons. The van der Waals surface area contributed by atoms with Gasteiger partial charge in [-0.25, -0.2) is 0 Å². The van der Waals surface area contributed by atoms with Crippen molar-refractivity contribution in [2.75, 3.05) is 13.7 Å². The molecule has 152 valence electrons. The summed E-state index contributed by atoms with van der Waals surface area (Å²) >= 11 is 0. The second-order valence-electron chi connectivity index (χ2n) is 6.55. The van der Waals surface area contributed by atoms with Crippen LogP contribution in [0.2, 0.25) is 0 Å². The molecule has 2 rings (SSSR count). The number of ether oxygens (including phenoxy) is 1. The SMILES string of the molecule is CCCN(C(=O)Cc1ccc(C(F)(F)F)nc1)[C@@H](C)Cc1cnccc1OC. The van der Waals surface area contributed by atoms with Gasteiger partial charge in [0.15, 0.2) is 0 Å². The van der Waals surface area contributed by atoms with Crippen molar-refractivity contribution in [3.8, 4) is 5.75 Å². The van der Waals surface area contributed by atoms with Crippen LogP contribution in [0.4, 0.5) is 13.2 Å². The topological polar surface area (TPSA) is 55.3 Å². The van der Waals surface area contributed by atoms with Crippen molar-refractivity contribution in [1.29, 1.82) is 0 Å². The van der Waals surface area contributed by atoms with Crippen LogP contribution in [-0.4, -0.2) is 40.5 Å². The second kappa shape index (κ2) is 9.52. The molecule has 0 saturated heterocycles. The number of hydrogen-bond donors (Lipinski definition) is 0. The van der Waals surface area contributed by atoms with Crippen LogP contribution < -0.4 is 4.74 Å². The molecule has 0 saturated carbocycles. The molecule has 2 aromatic rings. The molecule has 0 aliphatic carbocycles. The van der Waals surface area contributed by atoms with E-state index in [1.54, 1.807) is 30.5 Å². The van der Waals surface area contributed by atoms with Gasteiger partial charge in [-0.15, -0.1) is 0 Å². The standard InChI is InChI=1S/C20H24F3N3O2/c1-4-9-26(14(2)10-16-13-24-8-7-17(16)28-3)19(27)11-15-5-6-18(25-12-15)20(21,22)23/h5-8,12-14H,4,9-11H2,1-3H3/t14-/m0/s1. The van der Waals surface area contributed by atoms with E-state index in [-0.39, 0.29) is 18.4 Å². The number of pyridine rings is 2. The predicted octanol–water partition coefficient (Wildman–Crippen LogP) is 3.92. The van der Waals surface area contributed by atoms with Crippen molar-refractivity contribution in [2.45, 2.75) is 45.3 Å². The summed E-state index contributed by atoms with van der Waals surface area (Å²) in [7, 11) is 1.58. The normalized spacial score (nSPS) is 12.5. The number of halogens is 3. The minimum atomic E-state index is -4.49. The molecule has 0 spiro atoms. The zero-order valence-electron chi connectivity index (χ0n) is 16.2. The van der Waals surface area contributed by atoms with Gasteiger partial charge in [0.05, 0.1) is 13.5 Å². The average molecular weight is 395 g/mol. The molecule has 2 aromatic heterocycles. The van der Waals surface area contributed by atoms with E-state index in [0.29, 0.717) is 24.3 Å². The molecule has 0 bridgehead atoms. The van der Waals surface area contributed by atoms with Gasteiger partial charge in [-0.1, -0.05) is 13.0 Å². The fourth-order valence-corrected chi connectivity index (χ4v) is 3.00. The average Bonchev–Trinajstić information content (AvgIpc) is 2.66. The molecule has 2 heterocycles. The molecule has 0 unspecified atom stereocenters. The lowest BCUT2D eigenvalue weighted by Gasteiger charge is -2.29. The van der Waals surface area contributed by atoms with Crippen LogP contribution in [0.25, 0.3) is 0 Å². The van der Waals surface area contributed by atoms with Crippen LogP contribution in [0.5, 0.6) is 5.75 Å². The highest BCUT2D eigenvalue weighted by atomic mass is 19.4. The molecule has 1 amide bonds. The molecule has 0 N–H and O–H groups in total. The summed E-state index contributed by atoms with van der Waals surface area (Å²) in [5, 5.41) is 0. The van der Waals surface area contributed by atoms with Crippen LogP contribution in [-0.2, 0) is 23.8 Å². The number of alkyl halides is 3. The van der Waals surface area contributed by atoms with Crippen LogP contribution in [0.1, 0.15) is 37.1 Å². The number of amides is 1. The largest absolute Gasteiger partial charge is 0.496 e. The number of carbonyl (C=O) groups excluding carboxylic acids is 1. The van der Waals surface area contributed by atoms with Crippen molar-refractivity contribution in [3.63, 3.8) is 0 Å². The first-order chi connectivity index (χ1) is 13.3. The number of nitrogens with zero attached hydrogens (tertiary/aromatic N) is 3. The van der Waals surface area contributed by atoms with Crippen molar-refractivity contribution >= 4 is 5.91 Å². The molecule has 0 aromatic carbocycles. The van der Waals surface area contributed by atoms with E-state index in [2.05, 4.69) is 9.97 Å². The van der Waals surface area contributed by atoms with Gasteiger partial charge in [0.1, 0.15) is 11.4 Å². The third-order valence-corrected chi connectivity index (χ3v) is 4.38. The third-order valence-electron chi connectivity index (χ3n) is 4.38. The molecule has 8 heteroatoms. The van der Waals surface area contributed by atoms with Gasteiger partial charge in [-0.05, 0) is 37.5 Å².